The first-order chi connectivity index (χ1) is 8.88. The Morgan fingerprint density at radius 3 is 2.44 bits per heavy atom. The molecule has 0 radical (unpaired) electrons. The second-order valence-corrected chi connectivity index (χ2v) is 6.02. The zero-order valence-corrected chi connectivity index (χ0v) is 11.6. The quantitative estimate of drug-likeness (QED) is 0.794. The predicted octanol–water partition coefficient (Wildman–Crippen LogP) is 0.533. The van der Waals surface area contributed by atoms with Gasteiger partial charge >= 0.3 is 0 Å². The van der Waals surface area contributed by atoms with Gasteiger partial charge in [-0.25, -0.2) is 0 Å². The van der Waals surface area contributed by atoms with Crippen molar-refractivity contribution >= 4 is 0 Å². The molecule has 2 saturated heterocycles. The van der Waals surface area contributed by atoms with Crippen molar-refractivity contribution in [3.05, 3.63) is 0 Å². The van der Waals surface area contributed by atoms with Crippen LogP contribution < -0.4 is 5.32 Å². The molecule has 1 aliphatic carbocycles. The van der Waals surface area contributed by atoms with Gasteiger partial charge in [-0.2, -0.15) is 0 Å². The van der Waals surface area contributed by atoms with Crippen LogP contribution in [0.25, 0.3) is 0 Å². The first-order valence-corrected chi connectivity index (χ1v) is 7.60. The summed E-state index contributed by atoms with van der Waals surface area (Å²) in [7, 11) is 1.89. The Hall–Kier alpha value is -0.160. The Bertz CT molecular complexity index is 262. The number of hydrogen-bond acceptors (Lipinski definition) is 4. The highest BCUT2D eigenvalue weighted by molar-refractivity contribution is 4.96. The van der Waals surface area contributed by atoms with E-state index in [0.717, 1.165) is 6.04 Å². The lowest BCUT2D eigenvalue weighted by atomic mass is 9.88. The summed E-state index contributed by atoms with van der Waals surface area (Å²) in [5, 5.41) is 3.43. The van der Waals surface area contributed by atoms with Gasteiger partial charge in [0.1, 0.15) is 0 Å². The molecule has 0 aromatic rings. The molecule has 18 heavy (non-hydrogen) atoms. The Kier molecular flexibility index (Phi) is 4.19. The minimum Gasteiger partial charge on any atom is -0.380 e. The smallest absolute Gasteiger partial charge is 0.0726 e. The molecule has 2 unspecified atom stereocenters. The molecule has 0 aromatic heterocycles. The number of nitrogens with one attached hydrogen (secondary N) is 1. The third kappa shape index (κ3) is 2.57. The number of methoxy groups -OCH3 is 1. The second kappa shape index (κ2) is 5.87. The van der Waals surface area contributed by atoms with Crippen LogP contribution >= 0.6 is 0 Å². The van der Waals surface area contributed by atoms with Crippen LogP contribution in [0.3, 0.4) is 0 Å². The summed E-state index contributed by atoms with van der Waals surface area (Å²) in [4.78, 5) is 5.33. The molecule has 2 heterocycles. The average Bonchev–Trinajstić information content (AvgIpc) is 2.39. The fourth-order valence-corrected chi connectivity index (χ4v) is 3.81. The van der Waals surface area contributed by atoms with Crippen molar-refractivity contribution in [2.45, 2.75) is 43.9 Å². The molecule has 4 heteroatoms. The Balaban J connectivity index is 1.48. The van der Waals surface area contributed by atoms with Crippen molar-refractivity contribution in [1.82, 2.24) is 15.1 Å². The summed E-state index contributed by atoms with van der Waals surface area (Å²) < 4.78 is 5.68. The zero-order valence-electron chi connectivity index (χ0n) is 11.6. The average molecular weight is 253 g/mol. The third-order valence-electron chi connectivity index (χ3n) is 5.00. The normalized spacial score (nSPS) is 36.5. The molecule has 1 saturated carbocycles. The van der Waals surface area contributed by atoms with Crippen LogP contribution in [0.1, 0.15) is 25.7 Å². The van der Waals surface area contributed by atoms with Crippen LogP contribution in [0.5, 0.6) is 0 Å². The van der Waals surface area contributed by atoms with Gasteiger partial charge in [0.05, 0.1) is 6.10 Å². The Morgan fingerprint density at radius 2 is 1.72 bits per heavy atom. The monoisotopic (exact) mass is 253 g/mol. The fourth-order valence-electron chi connectivity index (χ4n) is 3.81. The van der Waals surface area contributed by atoms with Crippen LogP contribution in [0, 0.1) is 0 Å². The number of piperazine rings is 1. The molecular weight excluding hydrogens is 226 g/mol. The van der Waals surface area contributed by atoms with Gasteiger partial charge in [0.25, 0.3) is 0 Å². The van der Waals surface area contributed by atoms with E-state index in [2.05, 4.69) is 15.1 Å². The summed E-state index contributed by atoms with van der Waals surface area (Å²) in [6.07, 6.45) is 5.83. The molecule has 0 bridgehead atoms. The van der Waals surface area contributed by atoms with E-state index >= 15 is 0 Å². The van der Waals surface area contributed by atoms with Gasteiger partial charge in [0.15, 0.2) is 0 Å². The second-order valence-electron chi connectivity index (χ2n) is 6.02. The summed E-state index contributed by atoms with van der Waals surface area (Å²) in [5.41, 5.74) is 0. The van der Waals surface area contributed by atoms with Gasteiger partial charge in [-0.15, -0.1) is 0 Å². The minimum absolute atomic E-state index is 0.489. The molecule has 3 rings (SSSR count). The molecule has 0 aromatic carbocycles. The highest BCUT2D eigenvalue weighted by Crippen LogP contribution is 2.29. The van der Waals surface area contributed by atoms with Gasteiger partial charge in [-0.05, 0) is 12.8 Å². The lowest BCUT2D eigenvalue weighted by Crippen LogP contribution is -2.66. The van der Waals surface area contributed by atoms with E-state index in [1.807, 2.05) is 7.11 Å². The zero-order chi connectivity index (χ0) is 12.4. The van der Waals surface area contributed by atoms with E-state index in [-0.39, 0.29) is 0 Å². The Labute approximate surface area is 111 Å². The maximum Gasteiger partial charge on any atom is 0.0726 e. The maximum atomic E-state index is 5.68. The van der Waals surface area contributed by atoms with Crippen LogP contribution in [-0.2, 0) is 4.74 Å². The van der Waals surface area contributed by atoms with E-state index in [9.17, 15) is 0 Å². The molecule has 3 fully saturated rings. The lowest BCUT2D eigenvalue weighted by Gasteiger charge is -2.52. The van der Waals surface area contributed by atoms with Crippen molar-refractivity contribution in [1.29, 1.82) is 0 Å². The molecule has 104 valence electrons. The molecule has 2 aliphatic heterocycles. The minimum atomic E-state index is 0.489. The predicted molar refractivity (Wildman–Crippen MR) is 72.9 cm³/mol. The fraction of sp³-hybridized carbons (Fsp3) is 1.00. The molecule has 0 amide bonds. The van der Waals surface area contributed by atoms with Crippen LogP contribution in [0.15, 0.2) is 0 Å². The van der Waals surface area contributed by atoms with E-state index in [0.29, 0.717) is 12.1 Å². The summed E-state index contributed by atoms with van der Waals surface area (Å²) in [6, 6.07) is 1.51. The lowest BCUT2D eigenvalue weighted by molar-refractivity contribution is -0.0688. The van der Waals surface area contributed by atoms with Crippen molar-refractivity contribution in [3.63, 3.8) is 0 Å². The van der Waals surface area contributed by atoms with Gasteiger partial charge in [-0.1, -0.05) is 12.8 Å². The number of nitrogens with zero attached hydrogens (tertiary/aromatic N) is 2. The van der Waals surface area contributed by atoms with Gasteiger partial charge in [-0.3, -0.25) is 9.80 Å². The topological polar surface area (TPSA) is 27.7 Å². The molecule has 2 atom stereocenters. The van der Waals surface area contributed by atoms with E-state index in [1.165, 1.54) is 65.0 Å². The third-order valence-corrected chi connectivity index (χ3v) is 5.00. The first kappa shape index (κ1) is 12.9. The van der Waals surface area contributed by atoms with E-state index in [4.69, 9.17) is 4.74 Å². The van der Waals surface area contributed by atoms with Crippen LogP contribution in [0.2, 0.25) is 0 Å². The summed E-state index contributed by atoms with van der Waals surface area (Å²) in [6.45, 7) is 7.34. The largest absolute Gasteiger partial charge is 0.380 e. The van der Waals surface area contributed by atoms with Crippen LogP contribution in [-0.4, -0.2) is 74.4 Å². The summed E-state index contributed by atoms with van der Waals surface area (Å²) >= 11 is 0. The Morgan fingerprint density at radius 1 is 1.00 bits per heavy atom. The summed E-state index contributed by atoms with van der Waals surface area (Å²) in [5.74, 6) is 0. The van der Waals surface area contributed by atoms with Gasteiger partial charge in [0.2, 0.25) is 0 Å². The number of hydrogen-bond donors (Lipinski definition) is 1. The molecule has 4 nitrogen and oxygen atoms in total. The SMILES string of the molecule is COC1CCCCC1N1CC(N2CCNCC2)C1. The number of rotatable bonds is 3. The van der Waals surface area contributed by atoms with Crippen molar-refractivity contribution in [2.24, 2.45) is 0 Å². The first-order valence-electron chi connectivity index (χ1n) is 7.60. The van der Waals surface area contributed by atoms with Crippen molar-refractivity contribution in [3.8, 4) is 0 Å². The van der Waals surface area contributed by atoms with Gasteiger partial charge < -0.3 is 10.1 Å². The van der Waals surface area contributed by atoms with Crippen molar-refractivity contribution < 1.29 is 4.74 Å². The van der Waals surface area contributed by atoms with Crippen LogP contribution in [0.4, 0.5) is 0 Å². The number of ether oxygens (including phenoxy) is 1. The maximum absolute atomic E-state index is 5.68. The van der Waals surface area contributed by atoms with Gasteiger partial charge in [0, 0.05) is 58.5 Å². The van der Waals surface area contributed by atoms with E-state index in [1.54, 1.807) is 0 Å². The molecule has 0 spiro atoms. The molecular formula is C14H27N3O. The van der Waals surface area contributed by atoms with Crippen molar-refractivity contribution in [2.75, 3.05) is 46.4 Å². The highest BCUT2D eigenvalue weighted by Gasteiger charge is 2.39. The molecule has 3 aliphatic rings. The standard InChI is InChI=1S/C14H27N3O/c1-18-14-5-3-2-4-13(14)17-10-12(11-17)16-8-6-15-7-9-16/h12-15H,2-11H2,1H3. The molecule has 1 N–H and O–H groups in total. The van der Waals surface area contributed by atoms with E-state index < -0.39 is 0 Å². The highest BCUT2D eigenvalue weighted by atomic mass is 16.5. The number of likely N-dealkylation sites (tertiary alicyclic amines) is 1.